The average molecular weight is 259 g/mol. The average Bonchev–Trinajstić information content (AvgIpc) is 2.97. The number of hydrogen-bond donors (Lipinski definition) is 0. The summed E-state index contributed by atoms with van der Waals surface area (Å²) in [5.41, 5.74) is 0.831. The summed E-state index contributed by atoms with van der Waals surface area (Å²) < 4.78 is 5.56. The lowest BCUT2D eigenvalue weighted by Crippen LogP contribution is -2.37. The molecular weight excluding hydrogens is 242 g/mol. The SMILES string of the molecule is CCN(C[C@H]1CCCO1)C(=O)c1ccc(C#N)nc1. The first-order valence-corrected chi connectivity index (χ1v) is 6.51. The van der Waals surface area contributed by atoms with Gasteiger partial charge in [0.1, 0.15) is 11.8 Å². The van der Waals surface area contributed by atoms with Gasteiger partial charge in [0.15, 0.2) is 0 Å². The van der Waals surface area contributed by atoms with E-state index in [0.717, 1.165) is 19.4 Å². The Morgan fingerprint density at radius 2 is 2.47 bits per heavy atom. The first-order valence-electron chi connectivity index (χ1n) is 6.51. The lowest BCUT2D eigenvalue weighted by atomic mass is 10.2. The van der Waals surface area contributed by atoms with Gasteiger partial charge in [0.2, 0.25) is 0 Å². The molecule has 1 aliphatic heterocycles. The van der Waals surface area contributed by atoms with Crippen LogP contribution in [-0.4, -0.2) is 41.6 Å². The molecule has 100 valence electrons. The second kappa shape index (κ2) is 6.30. The van der Waals surface area contributed by atoms with E-state index in [1.54, 1.807) is 17.0 Å². The van der Waals surface area contributed by atoms with Crippen LogP contribution in [0.1, 0.15) is 35.8 Å². The molecule has 0 saturated carbocycles. The fraction of sp³-hybridized carbons (Fsp3) is 0.500. The Kier molecular flexibility index (Phi) is 4.48. The Bertz CT molecular complexity index is 472. The minimum atomic E-state index is -0.0602. The van der Waals surface area contributed by atoms with Crippen LogP contribution in [0.2, 0.25) is 0 Å². The molecule has 1 fully saturated rings. The van der Waals surface area contributed by atoms with Crippen molar-refractivity contribution in [1.82, 2.24) is 9.88 Å². The van der Waals surface area contributed by atoms with Crippen LogP contribution in [0, 0.1) is 11.3 Å². The van der Waals surface area contributed by atoms with Gasteiger partial charge in [-0.3, -0.25) is 4.79 Å². The summed E-state index contributed by atoms with van der Waals surface area (Å²) in [6.45, 7) is 3.99. The van der Waals surface area contributed by atoms with E-state index < -0.39 is 0 Å². The van der Waals surface area contributed by atoms with Gasteiger partial charge in [-0.25, -0.2) is 4.98 Å². The highest BCUT2D eigenvalue weighted by molar-refractivity contribution is 5.94. The predicted octanol–water partition coefficient (Wildman–Crippen LogP) is 1.59. The van der Waals surface area contributed by atoms with Gasteiger partial charge in [-0.1, -0.05) is 0 Å². The first kappa shape index (κ1) is 13.5. The largest absolute Gasteiger partial charge is 0.376 e. The van der Waals surface area contributed by atoms with Crippen LogP contribution in [0.3, 0.4) is 0 Å². The topological polar surface area (TPSA) is 66.2 Å². The standard InChI is InChI=1S/C14H17N3O2/c1-2-17(10-13-4-3-7-19-13)14(18)11-5-6-12(8-15)16-9-11/h5-6,9,13H,2-4,7,10H2,1H3/t13-/m1/s1. The maximum atomic E-state index is 12.3. The number of hydrogen-bond acceptors (Lipinski definition) is 4. The molecule has 0 N–H and O–H groups in total. The van der Waals surface area contributed by atoms with Crippen molar-refractivity contribution in [3.63, 3.8) is 0 Å². The summed E-state index contributed by atoms with van der Waals surface area (Å²) >= 11 is 0. The van der Waals surface area contributed by atoms with Crippen LogP contribution in [0.15, 0.2) is 18.3 Å². The number of pyridine rings is 1. The van der Waals surface area contributed by atoms with Crippen LogP contribution >= 0.6 is 0 Å². The van der Waals surface area contributed by atoms with Gasteiger partial charge in [-0.15, -0.1) is 0 Å². The smallest absolute Gasteiger partial charge is 0.255 e. The normalized spacial score (nSPS) is 18.0. The Balaban J connectivity index is 2.04. The number of nitrogens with zero attached hydrogens (tertiary/aromatic N) is 3. The van der Waals surface area contributed by atoms with Crippen molar-refractivity contribution in [3.05, 3.63) is 29.6 Å². The van der Waals surface area contributed by atoms with Gasteiger partial charge < -0.3 is 9.64 Å². The Morgan fingerprint density at radius 3 is 3.00 bits per heavy atom. The van der Waals surface area contributed by atoms with Gasteiger partial charge in [0.25, 0.3) is 5.91 Å². The summed E-state index contributed by atoms with van der Waals surface area (Å²) in [4.78, 5) is 18.0. The summed E-state index contributed by atoms with van der Waals surface area (Å²) in [5, 5.41) is 8.69. The van der Waals surface area contributed by atoms with Crippen LogP contribution in [0.5, 0.6) is 0 Å². The van der Waals surface area contributed by atoms with E-state index in [-0.39, 0.29) is 12.0 Å². The Morgan fingerprint density at radius 1 is 1.63 bits per heavy atom. The van der Waals surface area contributed by atoms with E-state index >= 15 is 0 Å². The third-order valence-corrected chi connectivity index (χ3v) is 3.24. The minimum Gasteiger partial charge on any atom is -0.376 e. The molecule has 1 aliphatic rings. The molecule has 5 nitrogen and oxygen atoms in total. The van der Waals surface area contributed by atoms with E-state index in [1.807, 2.05) is 13.0 Å². The maximum absolute atomic E-state index is 12.3. The summed E-state index contributed by atoms with van der Waals surface area (Å²) in [6.07, 6.45) is 3.68. The number of rotatable bonds is 4. The lowest BCUT2D eigenvalue weighted by molar-refractivity contribution is 0.0539. The number of nitriles is 1. The number of aromatic nitrogens is 1. The van der Waals surface area contributed by atoms with E-state index in [2.05, 4.69) is 4.98 Å². The highest BCUT2D eigenvalue weighted by atomic mass is 16.5. The van der Waals surface area contributed by atoms with E-state index in [1.165, 1.54) is 6.20 Å². The fourth-order valence-electron chi connectivity index (χ4n) is 2.16. The molecule has 0 spiro atoms. The van der Waals surface area contributed by atoms with Crippen LogP contribution in [-0.2, 0) is 4.74 Å². The third-order valence-electron chi connectivity index (χ3n) is 3.24. The van der Waals surface area contributed by atoms with E-state index in [0.29, 0.717) is 24.3 Å². The van der Waals surface area contributed by atoms with Crippen LogP contribution in [0.25, 0.3) is 0 Å². The zero-order valence-corrected chi connectivity index (χ0v) is 11.0. The second-order valence-electron chi connectivity index (χ2n) is 4.52. The van der Waals surface area contributed by atoms with E-state index in [4.69, 9.17) is 10.00 Å². The van der Waals surface area contributed by atoms with Crippen molar-refractivity contribution >= 4 is 5.91 Å². The number of ether oxygens (including phenoxy) is 1. The lowest BCUT2D eigenvalue weighted by Gasteiger charge is -2.23. The fourth-order valence-corrected chi connectivity index (χ4v) is 2.16. The summed E-state index contributed by atoms with van der Waals surface area (Å²) in [5.74, 6) is -0.0602. The maximum Gasteiger partial charge on any atom is 0.255 e. The zero-order chi connectivity index (χ0) is 13.7. The van der Waals surface area contributed by atoms with Crippen LogP contribution < -0.4 is 0 Å². The van der Waals surface area contributed by atoms with Crippen molar-refractivity contribution in [2.75, 3.05) is 19.7 Å². The monoisotopic (exact) mass is 259 g/mol. The number of carbonyl (C=O) groups excluding carboxylic acids is 1. The van der Waals surface area contributed by atoms with Gasteiger partial charge >= 0.3 is 0 Å². The number of carbonyl (C=O) groups is 1. The van der Waals surface area contributed by atoms with Gasteiger partial charge in [0.05, 0.1) is 11.7 Å². The van der Waals surface area contributed by atoms with Crippen molar-refractivity contribution in [1.29, 1.82) is 5.26 Å². The molecule has 1 aromatic heterocycles. The molecule has 1 atom stereocenters. The minimum absolute atomic E-state index is 0.0602. The quantitative estimate of drug-likeness (QED) is 0.823. The molecular formula is C14H17N3O2. The molecule has 19 heavy (non-hydrogen) atoms. The van der Waals surface area contributed by atoms with Crippen molar-refractivity contribution in [2.45, 2.75) is 25.9 Å². The molecule has 0 bridgehead atoms. The highest BCUT2D eigenvalue weighted by Crippen LogP contribution is 2.14. The molecule has 5 heteroatoms. The molecule has 0 aromatic carbocycles. The van der Waals surface area contributed by atoms with E-state index in [9.17, 15) is 4.79 Å². The molecule has 1 amide bonds. The predicted molar refractivity (Wildman–Crippen MR) is 69.5 cm³/mol. The van der Waals surface area contributed by atoms with Crippen molar-refractivity contribution < 1.29 is 9.53 Å². The van der Waals surface area contributed by atoms with Crippen LogP contribution in [0.4, 0.5) is 0 Å². The molecule has 2 heterocycles. The molecule has 0 radical (unpaired) electrons. The van der Waals surface area contributed by atoms with Gasteiger partial charge in [-0.2, -0.15) is 5.26 Å². The molecule has 0 unspecified atom stereocenters. The van der Waals surface area contributed by atoms with Crippen molar-refractivity contribution in [3.8, 4) is 6.07 Å². The number of likely N-dealkylation sites (N-methyl/N-ethyl adjacent to an activating group) is 1. The molecule has 2 rings (SSSR count). The molecule has 0 aliphatic carbocycles. The second-order valence-corrected chi connectivity index (χ2v) is 4.52. The van der Waals surface area contributed by atoms with Gasteiger partial charge in [-0.05, 0) is 31.9 Å². The molecule has 1 aromatic rings. The molecule has 1 saturated heterocycles. The zero-order valence-electron chi connectivity index (χ0n) is 11.0. The third kappa shape index (κ3) is 3.30. The number of amides is 1. The Labute approximate surface area is 112 Å². The summed E-state index contributed by atoms with van der Waals surface area (Å²) in [7, 11) is 0. The Hall–Kier alpha value is -1.93. The van der Waals surface area contributed by atoms with Crippen molar-refractivity contribution in [2.24, 2.45) is 0 Å². The summed E-state index contributed by atoms with van der Waals surface area (Å²) in [6, 6.07) is 5.15. The first-order chi connectivity index (χ1) is 9.24. The van der Waals surface area contributed by atoms with Gasteiger partial charge in [0, 0.05) is 25.9 Å². The highest BCUT2D eigenvalue weighted by Gasteiger charge is 2.22.